The molecule has 6 nitrogen and oxygen atoms in total. The van der Waals surface area contributed by atoms with Gasteiger partial charge in [0.2, 0.25) is 0 Å². The van der Waals surface area contributed by atoms with E-state index in [9.17, 15) is 10.2 Å². The quantitative estimate of drug-likeness (QED) is 0.363. The van der Waals surface area contributed by atoms with Crippen LogP contribution in [-0.4, -0.2) is 96.3 Å². The molecule has 244 valence electrons. The van der Waals surface area contributed by atoms with Gasteiger partial charge in [0.1, 0.15) is 24.7 Å². The first-order chi connectivity index (χ1) is 22.7. The second-order valence-electron chi connectivity index (χ2n) is 17.3. The highest BCUT2D eigenvalue weighted by atomic mass is 16.3. The number of hydrogen-bond acceptors (Lipinski definition) is 4. The summed E-state index contributed by atoms with van der Waals surface area (Å²) in [6.07, 6.45) is 14.4. The van der Waals surface area contributed by atoms with E-state index >= 15 is 0 Å². The fourth-order valence-electron chi connectivity index (χ4n) is 14.3. The second-order valence-corrected chi connectivity index (χ2v) is 17.3. The zero-order chi connectivity index (χ0) is 31.7. The summed E-state index contributed by atoms with van der Waals surface area (Å²) in [5.74, 6) is 0.667. The van der Waals surface area contributed by atoms with Crippen LogP contribution in [0.15, 0.2) is 95.4 Å². The van der Waals surface area contributed by atoms with Crippen LogP contribution in [0.5, 0.6) is 0 Å². The van der Waals surface area contributed by atoms with Crippen LogP contribution in [-0.2, 0) is 10.8 Å². The van der Waals surface area contributed by atoms with E-state index in [2.05, 4.69) is 104 Å². The molecule has 6 fully saturated rings. The van der Waals surface area contributed by atoms with Crippen LogP contribution in [0.2, 0.25) is 0 Å². The summed E-state index contributed by atoms with van der Waals surface area (Å²) in [5, 5.41) is 20.7. The van der Waals surface area contributed by atoms with Gasteiger partial charge >= 0.3 is 0 Å². The number of aliphatic hydroxyl groups excluding tert-OH is 2. The number of rotatable bonds is 2. The van der Waals surface area contributed by atoms with Crippen LogP contribution in [0.4, 0.5) is 11.4 Å². The minimum absolute atomic E-state index is 0. The van der Waals surface area contributed by atoms with Gasteiger partial charge in [0.25, 0.3) is 0 Å². The predicted molar refractivity (Wildman–Crippen MR) is 187 cm³/mol. The SMILES string of the molecule is C[C@]12C[C@@H]3/C4=C/N5c6ccccc6[C@]67CC[N@@+]8(C)C/C(=C/CO)[C@H](C[C@@H]68)/C(=C/N6c8ccccc8[C@@]1(CC[N@@+]2(C)C/C3=C/CO)[C@H]46)[C@H]57.[HH]. The van der Waals surface area contributed by atoms with Crippen molar-refractivity contribution in [2.45, 2.75) is 67.1 Å². The smallest absolute Gasteiger partial charge is 0.110 e. The molecule has 2 saturated carbocycles. The maximum Gasteiger partial charge on any atom is 0.110 e. The lowest BCUT2D eigenvalue weighted by atomic mass is 9.51. The molecule has 2 aliphatic carbocycles. The van der Waals surface area contributed by atoms with Gasteiger partial charge in [-0.3, -0.25) is 0 Å². The molecule has 0 amide bonds. The normalized spacial score (nSPS) is 49.4. The molecule has 4 saturated heterocycles. The molecule has 7 aliphatic heterocycles. The zero-order valence-electron chi connectivity index (χ0n) is 28.1. The van der Waals surface area contributed by atoms with Gasteiger partial charge in [0.15, 0.2) is 0 Å². The molecule has 11 rings (SSSR count). The number of nitrogens with zero attached hydrogens (tertiary/aromatic N) is 4. The van der Waals surface area contributed by atoms with E-state index in [1.54, 1.807) is 22.3 Å². The zero-order valence-corrected chi connectivity index (χ0v) is 28.1. The van der Waals surface area contributed by atoms with Crippen LogP contribution in [0.25, 0.3) is 0 Å². The average molecular weight is 631 g/mol. The molecule has 2 spiro atoms. The molecule has 0 aromatic heterocycles. The van der Waals surface area contributed by atoms with Crippen molar-refractivity contribution in [3.05, 3.63) is 107 Å². The number of hydrogen-bond donors (Lipinski definition) is 2. The lowest BCUT2D eigenvalue weighted by Crippen LogP contribution is -2.73. The van der Waals surface area contributed by atoms with Crippen LogP contribution >= 0.6 is 0 Å². The summed E-state index contributed by atoms with van der Waals surface area (Å²) < 4.78 is 2.14. The fraction of sp³-hybridized carbons (Fsp3) is 0.512. The maximum atomic E-state index is 10.4. The predicted octanol–water partition coefficient (Wildman–Crippen LogP) is 5.00. The molecule has 2 aromatic rings. The largest absolute Gasteiger partial charge is 0.392 e. The van der Waals surface area contributed by atoms with Crippen molar-refractivity contribution in [3.63, 3.8) is 0 Å². The van der Waals surface area contributed by atoms with Crippen molar-refractivity contribution < 1.29 is 20.6 Å². The Hall–Kier alpha value is -3.16. The lowest BCUT2D eigenvalue weighted by molar-refractivity contribution is -0.949. The monoisotopic (exact) mass is 630 g/mol. The minimum Gasteiger partial charge on any atom is -0.392 e. The number of piperidine rings is 2. The van der Waals surface area contributed by atoms with E-state index in [1.165, 1.54) is 41.9 Å². The molecule has 2 N–H and O–H groups in total. The third kappa shape index (κ3) is 2.80. The number of likely N-dealkylation sites (N-methyl/N-ethyl adjacent to an activating group) is 2. The molecule has 2 aromatic carbocycles. The van der Waals surface area contributed by atoms with Crippen LogP contribution in [0.3, 0.4) is 0 Å². The van der Waals surface area contributed by atoms with Gasteiger partial charge in [-0.15, -0.1) is 0 Å². The number of aliphatic hydroxyl groups is 2. The molecular weight excluding hydrogens is 580 g/mol. The fourth-order valence-corrected chi connectivity index (χ4v) is 14.3. The summed E-state index contributed by atoms with van der Waals surface area (Å²) >= 11 is 0. The summed E-state index contributed by atoms with van der Waals surface area (Å²) in [6, 6.07) is 19.9. The summed E-state index contributed by atoms with van der Waals surface area (Å²) in [7, 11) is 5.02. The summed E-state index contributed by atoms with van der Waals surface area (Å²) in [6.45, 7) is 7.26. The Balaban J connectivity index is 0.00000295. The van der Waals surface area contributed by atoms with Gasteiger partial charge < -0.3 is 29.0 Å². The van der Waals surface area contributed by atoms with E-state index in [1.807, 2.05) is 0 Å². The van der Waals surface area contributed by atoms with Gasteiger partial charge in [-0.2, -0.15) is 0 Å². The molecule has 4 bridgehead atoms. The molecule has 0 unspecified atom stereocenters. The van der Waals surface area contributed by atoms with Crippen molar-refractivity contribution in [1.29, 1.82) is 0 Å². The summed E-state index contributed by atoms with van der Waals surface area (Å²) in [5.41, 5.74) is 12.1. The van der Waals surface area contributed by atoms with E-state index < -0.39 is 0 Å². The van der Waals surface area contributed by atoms with E-state index in [-0.39, 0.29) is 43.1 Å². The van der Waals surface area contributed by atoms with Crippen LogP contribution < -0.4 is 9.80 Å². The van der Waals surface area contributed by atoms with Gasteiger partial charge in [-0.05, 0) is 52.5 Å². The highest BCUT2D eigenvalue weighted by Gasteiger charge is 2.78. The average Bonchev–Trinajstić information content (AvgIpc) is 3.71. The minimum atomic E-state index is 0. The second kappa shape index (κ2) is 8.52. The van der Waals surface area contributed by atoms with Crippen molar-refractivity contribution >= 4 is 11.4 Å². The maximum absolute atomic E-state index is 10.4. The number of para-hydroxylation sites is 2. The Morgan fingerprint density at radius 1 is 0.809 bits per heavy atom. The highest BCUT2D eigenvalue weighted by molar-refractivity contribution is 5.77. The topological polar surface area (TPSA) is 46.9 Å². The first-order valence-corrected chi connectivity index (χ1v) is 18.2. The van der Waals surface area contributed by atoms with Crippen molar-refractivity contribution in [2.75, 3.05) is 63.3 Å². The number of benzene rings is 2. The Morgan fingerprint density at radius 3 is 2.19 bits per heavy atom. The Kier molecular flexibility index (Phi) is 5.03. The van der Waals surface area contributed by atoms with Gasteiger partial charge in [-0.1, -0.05) is 48.6 Å². The molecule has 10 atom stereocenters. The van der Waals surface area contributed by atoms with Gasteiger partial charge in [0.05, 0.1) is 63.3 Å². The first kappa shape index (κ1) is 27.8. The third-order valence-corrected chi connectivity index (χ3v) is 16.1. The number of anilines is 2. The van der Waals surface area contributed by atoms with Crippen LogP contribution in [0.1, 0.15) is 45.2 Å². The standard InChI is InChI=1S/C41H48N4O2.H2/c1-39-21-29-27(13-19-47)25-45(39,3)17-15-41(39)33-9-5-7-11-35(33)43-22-30-28-20-36-40(14-16-44(36,2)24-26(28)12-18-46)32-8-4-6-10-34(32)42(37(30)40)23-31(29)38(41)43;/h4-13,22-23,28-29,36-38,46-47H,14-21,24-25H2,1-3H3;1H/q+2;/b26-12-,27-13-,30-22-,31-23-;/t28-,29-,36-,37-,38-,39-,40+,41-,44-,45-;/m0./s1. The highest BCUT2D eigenvalue weighted by Crippen LogP contribution is 2.72. The Bertz CT molecular complexity index is 1920. The summed E-state index contributed by atoms with van der Waals surface area (Å²) in [4.78, 5) is 5.55. The van der Waals surface area contributed by atoms with Gasteiger partial charge in [-0.25, -0.2) is 0 Å². The Morgan fingerprint density at radius 2 is 1.45 bits per heavy atom. The lowest BCUT2D eigenvalue weighted by Gasteiger charge is -2.62. The van der Waals surface area contributed by atoms with E-state index in [0.29, 0.717) is 17.9 Å². The van der Waals surface area contributed by atoms with Crippen molar-refractivity contribution in [1.82, 2.24) is 0 Å². The first-order valence-electron chi connectivity index (χ1n) is 18.2. The van der Waals surface area contributed by atoms with E-state index in [4.69, 9.17) is 0 Å². The van der Waals surface area contributed by atoms with Crippen molar-refractivity contribution in [3.8, 4) is 0 Å². The number of quaternary nitrogens is 2. The van der Waals surface area contributed by atoms with Crippen molar-refractivity contribution in [2.24, 2.45) is 11.8 Å². The molecule has 6 heteroatoms. The van der Waals surface area contributed by atoms with E-state index in [0.717, 1.165) is 41.4 Å². The molecular formula is C41H50N4O2+2. The molecule has 0 radical (unpaired) electrons. The molecule has 47 heavy (non-hydrogen) atoms. The Labute approximate surface area is 280 Å². The third-order valence-electron chi connectivity index (χ3n) is 16.1. The molecule has 7 heterocycles. The van der Waals surface area contributed by atoms with Gasteiger partial charge in [0, 0.05) is 62.7 Å². The van der Waals surface area contributed by atoms with Crippen LogP contribution in [0, 0.1) is 11.8 Å². The molecule has 9 aliphatic rings. The number of fused-ring (bicyclic) bond motifs is 8.